The fourth-order valence-corrected chi connectivity index (χ4v) is 4.24. The van der Waals surface area contributed by atoms with Crippen LogP contribution in [0.25, 0.3) is 11.4 Å². The number of hydrogen-bond donors (Lipinski definition) is 1. The van der Waals surface area contributed by atoms with Gasteiger partial charge in [-0.3, -0.25) is 9.36 Å². The van der Waals surface area contributed by atoms with Gasteiger partial charge in [-0.25, -0.2) is 0 Å². The summed E-state index contributed by atoms with van der Waals surface area (Å²) in [5.41, 5.74) is 3.29. The van der Waals surface area contributed by atoms with Crippen LogP contribution in [0.3, 0.4) is 0 Å². The van der Waals surface area contributed by atoms with Crippen molar-refractivity contribution < 1.29 is 9.53 Å². The number of benzene rings is 2. The summed E-state index contributed by atoms with van der Waals surface area (Å²) in [6.45, 7) is 8.32. The lowest BCUT2D eigenvalue weighted by molar-refractivity contribution is -0.119. The molecule has 0 aliphatic carbocycles. The third kappa shape index (κ3) is 5.67. The lowest BCUT2D eigenvalue weighted by Crippen LogP contribution is -2.29. The molecule has 3 rings (SSSR count). The molecule has 3 aromatic rings. The monoisotopic (exact) mass is 438 g/mol. The Morgan fingerprint density at radius 2 is 1.77 bits per heavy atom. The number of nitrogens with zero attached hydrogens (tertiary/aromatic N) is 3. The van der Waals surface area contributed by atoms with Crippen molar-refractivity contribution in [2.45, 2.75) is 51.4 Å². The van der Waals surface area contributed by atoms with Crippen LogP contribution in [0.4, 0.5) is 0 Å². The zero-order valence-electron chi connectivity index (χ0n) is 18.8. The normalized spacial score (nSPS) is 12.1. The van der Waals surface area contributed by atoms with Gasteiger partial charge in [0.1, 0.15) is 5.75 Å². The highest BCUT2D eigenvalue weighted by Gasteiger charge is 2.19. The molecule has 0 bridgehead atoms. The van der Waals surface area contributed by atoms with E-state index in [9.17, 15) is 4.79 Å². The van der Waals surface area contributed by atoms with E-state index in [2.05, 4.69) is 72.0 Å². The lowest BCUT2D eigenvalue weighted by Gasteiger charge is -2.18. The highest BCUT2D eigenvalue weighted by atomic mass is 32.2. The van der Waals surface area contributed by atoms with E-state index in [4.69, 9.17) is 4.74 Å². The van der Waals surface area contributed by atoms with Crippen molar-refractivity contribution >= 4 is 17.7 Å². The molecule has 31 heavy (non-hydrogen) atoms. The van der Waals surface area contributed by atoms with Gasteiger partial charge in [0.2, 0.25) is 5.91 Å². The van der Waals surface area contributed by atoms with Gasteiger partial charge in [-0.15, -0.1) is 10.2 Å². The topological polar surface area (TPSA) is 69.0 Å². The number of rotatable bonds is 9. The zero-order chi connectivity index (χ0) is 22.4. The number of aryl methyl sites for hydroxylation is 1. The average Bonchev–Trinajstić information content (AvgIpc) is 3.21. The van der Waals surface area contributed by atoms with Crippen LogP contribution in [0.1, 0.15) is 50.4 Å². The van der Waals surface area contributed by atoms with Crippen molar-refractivity contribution in [1.82, 2.24) is 20.1 Å². The van der Waals surface area contributed by atoms with E-state index >= 15 is 0 Å². The number of carbonyl (C=O) groups is 1. The van der Waals surface area contributed by atoms with Crippen LogP contribution < -0.4 is 10.1 Å². The van der Waals surface area contributed by atoms with Crippen molar-refractivity contribution in [3.63, 3.8) is 0 Å². The predicted octanol–water partition coefficient (Wildman–Crippen LogP) is 5.20. The van der Waals surface area contributed by atoms with Gasteiger partial charge in [-0.05, 0) is 57.0 Å². The SMILES string of the molecule is CC[C@@H](NC(=O)CSc1nnc(-c2ccc(OC)cc2)n1C(C)C)c1ccc(C)cc1. The first-order chi connectivity index (χ1) is 14.9. The Bertz CT molecular complexity index is 997. The van der Waals surface area contributed by atoms with E-state index in [1.54, 1.807) is 7.11 Å². The molecule has 2 aromatic carbocycles. The molecule has 0 unspecified atom stereocenters. The predicted molar refractivity (Wildman–Crippen MR) is 125 cm³/mol. The Morgan fingerprint density at radius 1 is 1.10 bits per heavy atom. The molecule has 1 aromatic heterocycles. The van der Waals surface area contributed by atoms with Crippen LogP contribution in [0.15, 0.2) is 53.7 Å². The molecular weight excluding hydrogens is 408 g/mol. The maximum absolute atomic E-state index is 12.7. The average molecular weight is 439 g/mol. The first kappa shape index (κ1) is 22.9. The minimum absolute atomic E-state index is 0.00605. The van der Waals surface area contributed by atoms with Crippen molar-refractivity contribution in [3.8, 4) is 17.1 Å². The molecule has 0 radical (unpaired) electrons. The van der Waals surface area contributed by atoms with E-state index in [0.717, 1.165) is 34.3 Å². The summed E-state index contributed by atoms with van der Waals surface area (Å²) in [5, 5.41) is 12.6. The van der Waals surface area contributed by atoms with E-state index in [0.29, 0.717) is 0 Å². The largest absolute Gasteiger partial charge is 0.497 e. The Morgan fingerprint density at radius 3 is 2.35 bits per heavy atom. The molecule has 7 heteroatoms. The maximum atomic E-state index is 12.7. The second-order valence-electron chi connectivity index (χ2n) is 7.73. The summed E-state index contributed by atoms with van der Waals surface area (Å²) in [5.74, 6) is 1.86. The summed E-state index contributed by atoms with van der Waals surface area (Å²) in [7, 11) is 1.65. The molecular formula is C24H30N4O2S. The maximum Gasteiger partial charge on any atom is 0.230 e. The van der Waals surface area contributed by atoms with E-state index in [-0.39, 0.29) is 23.7 Å². The highest BCUT2D eigenvalue weighted by molar-refractivity contribution is 7.99. The summed E-state index contributed by atoms with van der Waals surface area (Å²) in [4.78, 5) is 12.7. The van der Waals surface area contributed by atoms with Gasteiger partial charge >= 0.3 is 0 Å². The molecule has 0 saturated carbocycles. The van der Waals surface area contributed by atoms with Gasteiger partial charge in [-0.1, -0.05) is 48.5 Å². The van der Waals surface area contributed by atoms with Crippen LogP contribution in [0, 0.1) is 6.92 Å². The molecule has 0 spiro atoms. The Hall–Kier alpha value is -2.80. The molecule has 0 aliphatic rings. The van der Waals surface area contributed by atoms with Crippen molar-refractivity contribution in [1.29, 1.82) is 0 Å². The fourth-order valence-electron chi connectivity index (χ4n) is 3.36. The Kier molecular flexibility index (Phi) is 7.74. The molecule has 1 heterocycles. The Balaban J connectivity index is 1.69. The van der Waals surface area contributed by atoms with Crippen molar-refractivity contribution in [2.24, 2.45) is 0 Å². The number of hydrogen-bond acceptors (Lipinski definition) is 5. The number of ether oxygens (including phenoxy) is 1. The number of aromatic nitrogens is 3. The van der Waals surface area contributed by atoms with Crippen LogP contribution in [0.2, 0.25) is 0 Å². The molecule has 1 amide bonds. The smallest absolute Gasteiger partial charge is 0.230 e. The zero-order valence-corrected chi connectivity index (χ0v) is 19.6. The third-order valence-electron chi connectivity index (χ3n) is 5.08. The molecule has 6 nitrogen and oxygen atoms in total. The van der Waals surface area contributed by atoms with E-state index in [1.807, 2.05) is 24.3 Å². The minimum atomic E-state index is -0.0123. The van der Waals surface area contributed by atoms with Crippen LogP contribution in [-0.2, 0) is 4.79 Å². The summed E-state index contributed by atoms with van der Waals surface area (Å²) >= 11 is 1.41. The Labute approximate surface area is 188 Å². The van der Waals surface area contributed by atoms with Crippen LogP contribution in [-0.4, -0.2) is 33.5 Å². The summed E-state index contributed by atoms with van der Waals surface area (Å²) in [6, 6.07) is 16.2. The fraction of sp³-hybridized carbons (Fsp3) is 0.375. The van der Waals surface area contributed by atoms with E-state index in [1.165, 1.54) is 17.3 Å². The molecule has 0 saturated heterocycles. The van der Waals surface area contributed by atoms with Gasteiger partial charge < -0.3 is 10.1 Å². The molecule has 1 atom stereocenters. The van der Waals surface area contributed by atoms with Gasteiger partial charge in [0, 0.05) is 11.6 Å². The van der Waals surface area contributed by atoms with Gasteiger partial charge in [0.25, 0.3) is 0 Å². The van der Waals surface area contributed by atoms with E-state index < -0.39 is 0 Å². The first-order valence-electron chi connectivity index (χ1n) is 10.5. The molecule has 0 aliphatic heterocycles. The van der Waals surface area contributed by atoms with Crippen LogP contribution in [0.5, 0.6) is 5.75 Å². The highest BCUT2D eigenvalue weighted by Crippen LogP contribution is 2.29. The quantitative estimate of drug-likeness (QED) is 0.465. The second kappa shape index (κ2) is 10.5. The van der Waals surface area contributed by atoms with Gasteiger partial charge in [0.05, 0.1) is 18.9 Å². The summed E-state index contributed by atoms with van der Waals surface area (Å²) in [6.07, 6.45) is 0.837. The molecule has 0 fully saturated rings. The number of methoxy groups -OCH3 is 1. The number of thioether (sulfide) groups is 1. The second-order valence-corrected chi connectivity index (χ2v) is 8.67. The standard InChI is InChI=1S/C24H30N4O2S/c1-6-21(18-9-7-17(4)8-10-18)25-22(29)15-31-24-27-26-23(28(24)16(2)3)19-11-13-20(30-5)14-12-19/h7-14,16,21H,6,15H2,1-5H3,(H,25,29)/t21-/m1/s1. The van der Waals surface area contributed by atoms with Gasteiger partial charge in [0.15, 0.2) is 11.0 Å². The van der Waals surface area contributed by atoms with Crippen molar-refractivity contribution in [2.75, 3.05) is 12.9 Å². The number of amides is 1. The molecule has 1 N–H and O–H groups in total. The number of nitrogens with one attached hydrogen (secondary N) is 1. The van der Waals surface area contributed by atoms with Crippen molar-refractivity contribution in [3.05, 3.63) is 59.7 Å². The molecule has 164 valence electrons. The lowest BCUT2D eigenvalue weighted by atomic mass is 10.0. The minimum Gasteiger partial charge on any atom is -0.497 e. The third-order valence-corrected chi connectivity index (χ3v) is 6.03. The van der Waals surface area contributed by atoms with Crippen LogP contribution >= 0.6 is 11.8 Å². The number of carbonyl (C=O) groups excluding carboxylic acids is 1. The van der Waals surface area contributed by atoms with Gasteiger partial charge in [-0.2, -0.15) is 0 Å². The summed E-state index contributed by atoms with van der Waals surface area (Å²) < 4.78 is 7.31. The first-order valence-corrected chi connectivity index (χ1v) is 11.5.